The van der Waals surface area contributed by atoms with E-state index >= 15 is 0 Å². The van der Waals surface area contributed by atoms with Crippen molar-refractivity contribution in [2.45, 2.75) is 38.0 Å². The normalized spacial score (nSPS) is 20.7. The van der Waals surface area contributed by atoms with E-state index in [0.29, 0.717) is 36.4 Å². The third-order valence-electron chi connectivity index (χ3n) is 6.32. The number of rotatable bonds is 2. The summed E-state index contributed by atoms with van der Waals surface area (Å²) in [4.78, 5) is 38.8. The van der Waals surface area contributed by atoms with Gasteiger partial charge in [0.2, 0.25) is 11.8 Å². The highest BCUT2D eigenvalue weighted by Crippen LogP contribution is 2.29. The Balaban J connectivity index is 1.61. The van der Waals surface area contributed by atoms with Gasteiger partial charge in [0.15, 0.2) is 18.1 Å². The number of aliphatic hydroxyl groups excluding tert-OH is 1. The number of ether oxygens (including phenoxy) is 3. The lowest BCUT2D eigenvalue weighted by molar-refractivity contribution is -0.138. The summed E-state index contributed by atoms with van der Waals surface area (Å²) in [5, 5.41) is 14.9. The predicted octanol–water partition coefficient (Wildman–Crippen LogP) is 0.933. The lowest BCUT2D eigenvalue weighted by Gasteiger charge is -2.38. The van der Waals surface area contributed by atoms with Crippen LogP contribution in [-0.4, -0.2) is 73.3 Å². The fourth-order valence-electron chi connectivity index (χ4n) is 4.43. The molecule has 2 atom stereocenters. The standard InChI is InChI=1S/C26H30FN3O7/c1-35-22-4-2-16-3-5-24(32)28-12-17-8-18(27)11-19(9-17)37-21-6-7-30(26(34)14-31)13-20(21)29-25(33)15-36-23(22)10-16/h2,4,8-11,20-21,31H,3,5-7,12-15H2,1H3,(H,28,32)(H,29,33)/t20-,21-/m1/s1. The van der Waals surface area contributed by atoms with Gasteiger partial charge >= 0.3 is 0 Å². The lowest BCUT2D eigenvalue weighted by Crippen LogP contribution is -2.59. The van der Waals surface area contributed by atoms with E-state index in [0.717, 1.165) is 5.56 Å². The molecule has 2 aromatic rings. The van der Waals surface area contributed by atoms with Crippen molar-refractivity contribution in [3.63, 3.8) is 0 Å². The van der Waals surface area contributed by atoms with Gasteiger partial charge in [0.25, 0.3) is 5.91 Å². The van der Waals surface area contributed by atoms with Crippen molar-refractivity contribution in [3.8, 4) is 17.2 Å². The van der Waals surface area contributed by atoms with Crippen LogP contribution >= 0.6 is 0 Å². The molecule has 37 heavy (non-hydrogen) atoms. The van der Waals surface area contributed by atoms with Crippen LogP contribution in [-0.2, 0) is 27.3 Å². The summed E-state index contributed by atoms with van der Waals surface area (Å²) in [6, 6.07) is 8.78. The maximum atomic E-state index is 14.3. The minimum atomic E-state index is -0.648. The van der Waals surface area contributed by atoms with E-state index in [9.17, 15) is 23.9 Å². The summed E-state index contributed by atoms with van der Waals surface area (Å²) in [6.45, 7) is -0.457. The largest absolute Gasteiger partial charge is 0.493 e. The summed E-state index contributed by atoms with van der Waals surface area (Å²) in [5.41, 5.74) is 1.34. The molecular weight excluding hydrogens is 485 g/mol. The van der Waals surface area contributed by atoms with Crippen LogP contribution in [0.5, 0.6) is 17.2 Å². The van der Waals surface area contributed by atoms with Crippen LogP contribution in [0.15, 0.2) is 36.4 Å². The van der Waals surface area contributed by atoms with Crippen LogP contribution in [0.1, 0.15) is 24.0 Å². The third kappa shape index (κ3) is 6.88. The first kappa shape index (κ1) is 26.2. The summed E-state index contributed by atoms with van der Waals surface area (Å²) < 4.78 is 31.5. The Bertz CT molecular complexity index is 1160. The van der Waals surface area contributed by atoms with Gasteiger partial charge in [0.1, 0.15) is 24.3 Å². The highest BCUT2D eigenvalue weighted by Gasteiger charge is 2.34. The van der Waals surface area contributed by atoms with Gasteiger partial charge in [0, 0.05) is 38.5 Å². The number of amides is 3. The highest BCUT2D eigenvalue weighted by atomic mass is 19.1. The maximum absolute atomic E-state index is 14.3. The maximum Gasteiger partial charge on any atom is 0.258 e. The van der Waals surface area contributed by atoms with Gasteiger partial charge in [-0.3, -0.25) is 14.4 Å². The Morgan fingerprint density at radius 2 is 2.00 bits per heavy atom. The molecule has 11 heteroatoms. The number of piperidine rings is 1. The number of likely N-dealkylation sites (tertiary alicyclic amines) is 1. The van der Waals surface area contributed by atoms with E-state index in [1.807, 2.05) is 6.07 Å². The minimum absolute atomic E-state index is 0.104. The number of carbonyl (C=O) groups excluding carboxylic acids is 3. The van der Waals surface area contributed by atoms with Crippen LogP contribution in [0.25, 0.3) is 0 Å². The van der Waals surface area contributed by atoms with Crippen LogP contribution in [0.3, 0.4) is 0 Å². The molecule has 0 aromatic heterocycles. The number of aliphatic hydroxyl groups is 1. The average Bonchev–Trinajstić information content (AvgIpc) is 2.89. The van der Waals surface area contributed by atoms with Crippen molar-refractivity contribution in [3.05, 3.63) is 53.3 Å². The molecule has 4 bridgehead atoms. The zero-order valence-corrected chi connectivity index (χ0v) is 20.5. The smallest absolute Gasteiger partial charge is 0.258 e. The fourth-order valence-corrected chi connectivity index (χ4v) is 4.43. The average molecular weight is 516 g/mol. The van der Waals surface area contributed by atoms with Crippen molar-refractivity contribution in [2.75, 3.05) is 33.4 Å². The van der Waals surface area contributed by atoms with Crippen LogP contribution in [0, 0.1) is 5.82 Å². The number of fused-ring (bicyclic) bond motifs is 5. The van der Waals surface area contributed by atoms with Gasteiger partial charge in [-0.05, 0) is 41.8 Å². The number of methoxy groups -OCH3 is 1. The molecule has 0 saturated carbocycles. The summed E-state index contributed by atoms with van der Waals surface area (Å²) in [6.07, 6.45) is 0.398. The number of carbonyl (C=O) groups is 3. The number of halogens is 1. The Hall–Kier alpha value is -3.86. The molecule has 2 aliphatic heterocycles. The van der Waals surface area contributed by atoms with Crippen LogP contribution in [0.2, 0.25) is 0 Å². The zero-order valence-electron chi connectivity index (χ0n) is 20.5. The molecular formula is C26H30FN3O7. The number of aryl methyl sites for hydroxylation is 1. The molecule has 198 valence electrons. The molecule has 1 fully saturated rings. The topological polar surface area (TPSA) is 126 Å². The van der Waals surface area contributed by atoms with Crippen molar-refractivity contribution in [1.29, 1.82) is 0 Å². The third-order valence-corrected chi connectivity index (χ3v) is 6.32. The Kier molecular flexibility index (Phi) is 8.44. The summed E-state index contributed by atoms with van der Waals surface area (Å²) in [5.74, 6) is -0.605. The van der Waals surface area contributed by atoms with E-state index in [4.69, 9.17) is 14.2 Å². The van der Waals surface area contributed by atoms with Gasteiger partial charge in [-0.15, -0.1) is 0 Å². The minimum Gasteiger partial charge on any atom is -0.493 e. The molecule has 3 N–H and O–H groups in total. The number of nitrogens with zero attached hydrogens (tertiary/aromatic N) is 1. The Morgan fingerprint density at radius 3 is 2.78 bits per heavy atom. The molecule has 10 nitrogen and oxygen atoms in total. The van der Waals surface area contributed by atoms with Crippen LogP contribution < -0.4 is 24.8 Å². The molecule has 0 aliphatic carbocycles. The predicted molar refractivity (Wildman–Crippen MR) is 130 cm³/mol. The molecule has 3 amide bonds. The molecule has 4 rings (SSSR count). The lowest BCUT2D eigenvalue weighted by atomic mass is 10.0. The first-order valence-corrected chi connectivity index (χ1v) is 12.0. The summed E-state index contributed by atoms with van der Waals surface area (Å²) >= 11 is 0. The Morgan fingerprint density at radius 1 is 1.16 bits per heavy atom. The molecule has 1 saturated heterocycles. The molecule has 0 radical (unpaired) electrons. The second-order valence-corrected chi connectivity index (χ2v) is 8.96. The highest BCUT2D eigenvalue weighted by molar-refractivity contribution is 5.79. The van der Waals surface area contributed by atoms with E-state index < -0.39 is 36.4 Å². The van der Waals surface area contributed by atoms with Gasteiger partial charge in [-0.1, -0.05) is 6.07 Å². The SMILES string of the molecule is COc1ccc2cc1OCC(=O)N[C@@H]1CN(C(=O)CO)CC[C@H]1Oc1cc(F)cc(c1)CNC(=O)CC2. The molecule has 0 unspecified atom stereocenters. The zero-order chi connectivity index (χ0) is 26.4. The molecule has 2 heterocycles. The van der Waals surface area contributed by atoms with E-state index in [1.54, 1.807) is 18.2 Å². The van der Waals surface area contributed by atoms with Crippen molar-refractivity contribution in [2.24, 2.45) is 0 Å². The quantitative estimate of drug-likeness (QED) is 0.543. The second kappa shape index (κ2) is 11.9. The number of hydrogen-bond donors (Lipinski definition) is 3. The first-order chi connectivity index (χ1) is 17.8. The van der Waals surface area contributed by atoms with Gasteiger partial charge in [-0.2, -0.15) is 0 Å². The van der Waals surface area contributed by atoms with Crippen molar-refractivity contribution < 1.29 is 38.1 Å². The molecule has 0 spiro atoms. The number of hydrogen-bond acceptors (Lipinski definition) is 7. The van der Waals surface area contributed by atoms with Gasteiger partial charge in [0.05, 0.1) is 13.2 Å². The monoisotopic (exact) mass is 515 g/mol. The van der Waals surface area contributed by atoms with Gasteiger partial charge < -0.3 is 34.9 Å². The Labute approximate surface area is 213 Å². The first-order valence-electron chi connectivity index (χ1n) is 12.0. The molecule has 2 aliphatic rings. The number of nitrogens with one attached hydrogen (secondary N) is 2. The summed E-state index contributed by atoms with van der Waals surface area (Å²) in [7, 11) is 1.49. The molecule has 2 aromatic carbocycles. The number of benzene rings is 2. The van der Waals surface area contributed by atoms with Crippen molar-refractivity contribution in [1.82, 2.24) is 15.5 Å². The fraction of sp³-hybridized carbons (Fsp3) is 0.423. The van der Waals surface area contributed by atoms with E-state index in [1.165, 1.54) is 24.1 Å². The van der Waals surface area contributed by atoms with E-state index in [-0.39, 0.29) is 37.8 Å². The van der Waals surface area contributed by atoms with Crippen LogP contribution in [0.4, 0.5) is 4.39 Å². The van der Waals surface area contributed by atoms with Gasteiger partial charge in [-0.25, -0.2) is 4.39 Å². The second-order valence-electron chi connectivity index (χ2n) is 8.96. The van der Waals surface area contributed by atoms with Crippen molar-refractivity contribution >= 4 is 17.7 Å². The van der Waals surface area contributed by atoms with E-state index in [2.05, 4.69) is 10.6 Å².